The van der Waals surface area contributed by atoms with Crippen LogP contribution in [0.1, 0.15) is 21.5 Å². The molecular weight excluding hydrogens is 411 g/mol. The summed E-state index contributed by atoms with van der Waals surface area (Å²) in [4.78, 5) is 12.2. The summed E-state index contributed by atoms with van der Waals surface area (Å²) in [5.74, 6) is 0.0104. The van der Waals surface area contributed by atoms with E-state index in [1.807, 2.05) is 24.3 Å². The van der Waals surface area contributed by atoms with Gasteiger partial charge in [-0.2, -0.15) is 5.10 Å². The predicted molar refractivity (Wildman–Crippen MR) is 106 cm³/mol. The minimum absolute atomic E-state index is 0.285. The summed E-state index contributed by atoms with van der Waals surface area (Å²) in [7, 11) is 0. The Hall–Kier alpha value is -2.99. The quantitative estimate of drug-likeness (QED) is 0.448. The number of para-hydroxylation sites is 1. The Morgan fingerprint density at radius 1 is 1.04 bits per heavy atom. The van der Waals surface area contributed by atoms with Crippen molar-refractivity contribution in [1.82, 2.24) is 5.43 Å². The first kappa shape index (κ1) is 18.8. The van der Waals surface area contributed by atoms with Gasteiger partial charge in [-0.1, -0.05) is 36.4 Å². The van der Waals surface area contributed by atoms with Crippen LogP contribution >= 0.6 is 15.9 Å². The lowest BCUT2D eigenvalue weighted by molar-refractivity contribution is 0.0954. The van der Waals surface area contributed by atoms with Gasteiger partial charge >= 0.3 is 0 Å². The Labute approximate surface area is 164 Å². The van der Waals surface area contributed by atoms with E-state index in [-0.39, 0.29) is 11.7 Å². The fourth-order valence-electron chi connectivity index (χ4n) is 2.33. The molecule has 0 heterocycles. The van der Waals surface area contributed by atoms with E-state index in [1.54, 1.807) is 36.4 Å². The van der Waals surface area contributed by atoms with Crippen LogP contribution in [0.5, 0.6) is 5.75 Å². The number of nitrogens with one attached hydrogen (secondary N) is 1. The van der Waals surface area contributed by atoms with E-state index in [2.05, 4.69) is 26.5 Å². The van der Waals surface area contributed by atoms with Gasteiger partial charge in [0.2, 0.25) is 0 Å². The zero-order valence-corrected chi connectivity index (χ0v) is 15.8. The maximum atomic E-state index is 13.0. The Morgan fingerprint density at radius 3 is 2.52 bits per heavy atom. The summed E-state index contributed by atoms with van der Waals surface area (Å²) >= 11 is 3.34. The topological polar surface area (TPSA) is 50.7 Å². The normalized spacial score (nSPS) is 10.7. The second-order valence-corrected chi connectivity index (χ2v) is 6.49. The predicted octanol–water partition coefficient (Wildman–Crippen LogP) is 4.93. The highest BCUT2D eigenvalue weighted by atomic mass is 79.9. The number of carbonyl (C=O) groups excluding carboxylic acids is 1. The number of rotatable bonds is 6. The molecule has 0 aliphatic heterocycles. The molecular formula is C21H16BrFN2O2. The minimum Gasteiger partial charge on any atom is -0.488 e. The molecule has 0 atom stereocenters. The van der Waals surface area contributed by atoms with Crippen LogP contribution in [0.3, 0.4) is 0 Å². The van der Waals surface area contributed by atoms with Gasteiger partial charge in [-0.05, 0) is 57.9 Å². The van der Waals surface area contributed by atoms with Crippen molar-refractivity contribution < 1.29 is 13.9 Å². The molecule has 6 heteroatoms. The highest BCUT2D eigenvalue weighted by molar-refractivity contribution is 9.10. The molecule has 1 amide bonds. The molecule has 3 aromatic rings. The molecule has 0 unspecified atom stereocenters. The zero-order chi connectivity index (χ0) is 19.1. The largest absolute Gasteiger partial charge is 0.488 e. The van der Waals surface area contributed by atoms with Crippen molar-refractivity contribution in [2.24, 2.45) is 5.10 Å². The number of benzene rings is 3. The summed E-state index contributed by atoms with van der Waals surface area (Å²) in [6, 6.07) is 20.6. The first-order valence-corrected chi connectivity index (χ1v) is 8.97. The fourth-order valence-corrected chi connectivity index (χ4v) is 2.79. The lowest BCUT2D eigenvalue weighted by Gasteiger charge is -2.09. The molecule has 0 aliphatic rings. The zero-order valence-electron chi connectivity index (χ0n) is 14.2. The SMILES string of the molecule is O=C(N/N=C\c1ccccc1OCc1ccc(F)cc1)c1ccccc1Br. The number of carbonyl (C=O) groups is 1. The number of halogens is 2. The monoisotopic (exact) mass is 426 g/mol. The van der Waals surface area contributed by atoms with Crippen LogP contribution in [0.25, 0.3) is 0 Å². The van der Waals surface area contributed by atoms with Gasteiger partial charge in [-0.15, -0.1) is 0 Å². The number of hydrogen-bond donors (Lipinski definition) is 1. The van der Waals surface area contributed by atoms with E-state index < -0.39 is 0 Å². The Balaban J connectivity index is 1.65. The van der Waals surface area contributed by atoms with E-state index in [0.29, 0.717) is 28.0 Å². The van der Waals surface area contributed by atoms with Crippen molar-refractivity contribution in [3.8, 4) is 5.75 Å². The van der Waals surface area contributed by atoms with E-state index in [9.17, 15) is 9.18 Å². The van der Waals surface area contributed by atoms with Crippen molar-refractivity contribution in [2.75, 3.05) is 0 Å². The van der Waals surface area contributed by atoms with Crippen molar-refractivity contribution in [1.29, 1.82) is 0 Å². The van der Waals surface area contributed by atoms with Crippen LogP contribution in [-0.2, 0) is 6.61 Å². The number of hydrazone groups is 1. The highest BCUT2D eigenvalue weighted by Crippen LogP contribution is 2.18. The smallest absolute Gasteiger partial charge is 0.272 e. The van der Waals surface area contributed by atoms with E-state index in [0.717, 1.165) is 5.56 Å². The van der Waals surface area contributed by atoms with Gasteiger partial charge in [0.15, 0.2) is 0 Å². The standard InChI is InChI=1S/C21H16BrFN2O2/c22-19-7-3-2-6-18(19)21(26)25-24-13-16-5-1-4-8-20(16)27-14-15-9-11-17(23)12-10-15/h1-13H,14H2,(H,25,26)/b24-13-. The van der Waals surface area contributed by atoms with Crippen LogP contribution in [-0.4, -0.2) is 12.1 Å². The molecule has 0 radical (unpaired) electrons. The lowest BCUT2D eigenvalue weighted by atomic mass is 10.2. The number of nitrogens with zero attached hydrogens (tertiary/aromatic N) is 1. The van der Waals surface area contributed by atoms with E-state index in [1.165, 1.54) is 18.3 Å². The summed E-state index contributed by atoms with van der Waals surface area (Å²) in [6.45, 7) is 0.300. The second kappa shape index (κ2) is 9.09. The Morgan fingerprint density at radius 2 is 1.74 bits per heavy atom. The van der Waals surface area contributed by atoms with Crippen LogP contribution in [0.15, 0.2) is 82.4 Å². The first-order chi connectivity index (χ1) is 13.1. The van der Waals surface area contributed by atoms with Gasteiger partial charge in [0.25, 0.3) is 5.91 Å². The molecule has 0 spiro atoms. The van der Waals surface area contributed by atoms with Gasteiger partial charge in [0.05, 0.1) is 11.8 Å². The van der Waals surface area contributed by atoms with Crippen LogP contribution < -0.4 is 10.2 Å². The van der Waals surface area contributed by atoms with Gasteiger partial charge in [-0.3, -0.25) is 4.79 Å². The first-order valence-electron chi connectivity index (χ1n) is 8.17. The molecule has 0 saturated heterocycles. The summed E-state index contributed by atoms with van der Waals surface area (Å²) < 4.78 is 19.5. The second-order valence-electron chi connectivity index (χ2n) is 5.63. The van der Waals surface area contributed by atoms with Crippen LogP contribution in [0.2, 0.25) is 0 Å². The van der Waals surface area contributed by atoms with E-state index >= 15 is 0 Å². The summed E-state index contributed by atoms with van der Waals surface area (Å²) in [5, 5.41) is 4.01. The molecule has 0 aromatic heterocycles. The molecule has 27 heavy (non-hydrogen) atoms. The molecule has 3 aromatic carbocycles. The van der Waals surface area contributed by atoms with Crippen molar-refractivity contribution in [3.63, 3.8) is 0 Å². The molecule has 136 valence electrons. The molecule has 0 saturated carbocycles. The number of amides is 1. The lowest BCUT2D eigenvalue weighted by Crippen LogP contribution is -2.18. The Bertz CT molecular complexity index is 958. The molecule has 0 aliphatic carbocycles. The molecule has 0 bridgehead atoms. The van der Waals surface area contributed by atoms with Crippen LogP contribution in [0.4, 0.5) is 4.39 Å². The van der Waals surface area contributed by atoms with Crippen LogP contribution in [0, 0.1) is 5.82 Å². The Kier molecular flexibility index (Phi) is 6.33. The van der Waals surface area contributed by atoms with Gasteiger partial charge in [-0.25, -0.2) is 9.82 Å². The average Bonchev–Trinajstić information content (AvgIpc) is 2.68. The third-order valence-electron chi connectivity index (χ3n) is 3.71. The maximum Gasteiger partial charge on any atom is 0.272 e. The average molecular weight is 427 g/mol. The summed E-state index contributed by atoms with van der Waals surface area (Å²) in [6.07, 6.45) is 1.52. The van der Waals surface area contributed by atoms with Crippen molar-refractivity contribution in [3.05, 3.63) is 99.8 Å². The minimum atomic E-state index is -0.316. The molecule has 1 N–H and O–H groups in total. The third-order valence-corrected chi connectivity index (χ3v) is 4.41. The van der Waals surface area contributed by atoms with Crippen molar-refractivity contribution in [2.45, 2.75) is 6.61 Å². The van der Waals surface area contributed by atoms with Crippen molar-refractivity contribution >= 4 is 28.1 Å². The van der Waals surface area contributed by atoms with Gasteiger partial charge in [0, 0.05) is 10.0 Å². The fraction of sp³-hybridized carbons (Fsp3) is 0.0476. The third kappa shape index (κ3) is 5.24. The molecule has 0 fully saturated rings. The number of hydrogen-bond acceptors (Lipinski definition) is 3. The van der Waals surface area contributed by atoms with E-state index in [4.69, 9.17) is 4.74 Å². The summed E-state index contributed by atoms with van der Waals surface area (Å²) in [5.41, 5.74) is 4.56. The maximum absolute atomic E-state index is 13.0. The molecule has 4 nitrogen and oxygen atoms in total. The highest BCUT2D eigenvalue weighted by Gasteiger charge is 2.08. The van der Waals surface area contributed by atoms with Gasteiger partial charge in [0.1, 0.15) is 18.2 Å². The molecule has 3 rings (SSSR count). The van der Waals surface area contributed by atoms with Gasteiger partial charge < -0.3 is 4.74 Å². The number of ether oxygens (including phenoxy) is 1.